The van der Waals surface area contributed by atoms with Crippen LogP contribution in [0.25, 0.3) is 0 Å². The third kappa shape index (κ3) is 3.20. The predicted molar refractivity (Wildman–Crippen MR) is 92.0 cm³/mol. The van der Waals surface area contributed by atoms with Crippen molar-refractivity contribution in [2.45, 2.75) is 32.4 Å². The topological polar surface area (TPSA) is 64.2 Å². The molecule has 1 saturated heterocycles. The SMILES string of the molecule is Cc1cc(C2CCCN2C(=O)c2cnn(Cc3ccccc3)c2)on1. The number of aryl methyl sites for hydroxylation is 1. The molecule has 0 bridgehead atoms. The molecule has 1 aromatic carbocycles. The summed E-state index contributed by atoms with van der Waals surface area (Å²) >= 11 is 0. The Hall–Kier alpha value is -2.89. The van der Waals surface area contributed by atoms with Crippen LogP contribution in [0.15, 0.2) is 53.3 Å². The van der Waals surface area contributed by atoms with Crippen LogP contribution in [-0.4, -0.2) is 32.3 Å². The molecule has 25 heavy (non-hydrogen) atoms. The van der Waals surface area contributed by atoms with Gasteiger partial charge in [0.25, 0.3) is 5.91 Å². The summed E-state index contributed by atoms with van der Waals surface area (Å²) in [5, 5.41) is 8.29. The monoisotopic (exact) mass is 336 g/mol. The lowest BCUT2D eigenvalue weighted by atomic mass is 10.1. The van der Waals surface area contributed by atoms with E-state index in [2.05, 4.69) is 10.3 Å². The highest BCUT2D eigenvalue weighted by Gasteiger charge is 2.33. The summed E-state index contributed by atoms with van der Waals surface area (Å²) in [6, 6.07) is 12.0. The molecule has 1 aliphatic rings. The molecule has 2 aromatic heterocycles. The second-order valence-electron chi connectivity index (χ2n) is 6.44. The van der Waals surface area contributed by atoms with Crippen LogP contribution >= 0.6 is 0 Å². The van der Waals surface area contributed by atoms with Crippen LogP contribution in [0, 0.1) is 6.92 Å². The molecule has 3 aromatic rings. The lowest BCUT2D eigenvalue weighted by molar-refractivity contribution is 0.0714. The molecule has 0 radical (unpaired) electrons. The summed E-state index contributed by atoms with van der Waals surface area (Å²) in [5.74, 6) is 0.760. The number of likely N-dealkylation sites (tertiary alicyclic amines) is 1. The number of hydrogen-bond acceptors (Lipinski definition) is 4. The molecule has 0 saturated carbocycles. The summed E-state index contributed by atoms with van der Waals surface area (Å²) < 4.78 is 7.18. The molecule has 6 heteroatoms. The minimum atomic E-state index is -0.0360. The van der Waals surface area contributed by atoms with Gasteiger partial charge in [-0.25, -0.2) is 0 Å². The van der Waals surface area contributed by atoms with Gasteiger partial charge in [0.2, 0.25) is 0 Å². The molecular formula is C19H20N4O2. The zero-order valence-corrected chi connectivity index (χ0v) is 14.1. The Bertz CT molecular complexity index is 868. The minimum absolute atomic E-state index is 0.00383. The van der Waals surface area contributed by atoms with E-state index in [-0.39, 0.29) is 11.9 Å². The van der Waals surface area contributed by atoms with Gasteiger partial charge in [0, 0.05) is 18.8 Å². The van der Waals surface area contributed by atoms with Gasteiger partial charge in [0.05, 0.1) is 30.0 Å². The van der Waals surface area contributed by atoms with Gasteiger partial charge in [-0.05, 0) is 25.3 Å². The fourth-order valence-corrected chi connectivity index (χ4v) is 3.34. The van der Waals surface area contributed by atoms with Gasteiger partial charge < -0.3 is 9.42 Å². The highest BCUT2D eigenvalue weighted by atomic mass is 16.5. The maximum absolute atomic E-state index is 12.9. The van der Waals surface area contributed by atoms with E-state index in [0.717, 1.165) is 36.4 Å². The van der Waals surface area contributed by atoms with Crippen LogP contribution < -0.4 is 0 Å². The molecule has 128 valence electrons. The Morgan fingerprint density at radius 2 is 2.16 bits per heavy atom. The Kier molecular flexibility index (Phi) is 4.09. The molecule has 0 aliphatic carbocycles. The molecule has 4 rings (SSSR count). The normalized spacial score (nSPS) is 17.2. The molecule has 1 atom stereocenters. The molecular weight excluding hydrogens is 316 g/mol. The number of amides is 1. The van der Waals surface area contributed by atoms with Gasteiger partial charge >= 0.3 is 0 Å². The molecule has 0 N–H and O–H groups in total. The van der Waals surface area contributed by atoms with E-state index >= 15 is 0 Å². The number of hydrogen-bond donors (Lipinski definition) is 0. The van der Waals surface area contributed by atoms with Crippen LogP contribution in [0.1, 0.15) is 46.3 Å². The third-order valence-electron chi connectivity index (χ3n) is 4.56. The first-order chi connectivity index (χ1) is 12.2. The fraction of sp³-hybridized carbons (Fsp3) is 0.316. The van der Waals surface area contributed by atoms with Gasteiger partial charge in [0.15, 0.2) is 5.76 Å². The van der Waals surface area contributed by atoms with E-state index in [0.29, 0.717) is 12.1 Å². The molecule has 0 spiro atoms. The Morgan fingerprint density at radius 1 is 1.32 bits per heavy atom. The summed E-state index contributed by atoms with van der Waals surface area (Å²) in [5.41, 5.74) is 2.60. The number of benzene rings is 1. The van der Waals surface area contributed by atoms with Crippen LogP contribution in [0.4, 0.5) is 0 Å². The van der Waals surface area contributed by atoms with Crippen LogP contribution in [0.2, 0.25) is 0 Å². The second-order valence-corrected chi connectivity index (χ2v) is 6.44. The van der Waals surface area contributed by atoms with Gasteiger partial charge in [-0.15, -0.1) is 0 Å². The van der Waals surface area contributed by atoms with Crippen molar-refractivity contribution in [1.29, 1.82) is 0 Å². The Balaban J connectivity index is 1.51. The summed E-state index contributed by atoms with van der Waals surface area (Å²) in [4.78, 5) is 14.8. The highest BCUT2D eigenvalue weighted by molar-refractivity contribution is 5.94. The smallest absolute Gasteiger partial charge is 0.257 e. The first kappa shape index (κ1) is 15.6. The van der Waals surface area contributed by atoms with Crippen molar-refractivity contribution >= 4 is 5.91 Å². The molecule has 6 nitrogen and oxygen atoms in total. The zero-order valence-electron chi connectivity index (χ0n) is 14.1. The maximum Gasteiger partial charge on any atom is 0.257 e. The lowest BCUT2D eigenvalue weighted by Crippen LogP contribution is -2.30. The number of aromatic nitrogens is 3. The third-order valence-corrected chi connectivity index (χ3v) is 4.56. The molecule has 3 heterocycles. The average Bonchev–Trinajstić information content (AvgIpc) is 3.35. The molecule has 1 fully saturated rings. The molecule has 1 aliphatic heterocycles. The number of nitrogens with zero attached hydrogens (tertiary/aromatic N) is 4. The van der Waals surface area contributed by atoms with E-state index in [4.69, 9.17) is 4.52 Å². The van der Waals surface area contributed by atoms with Crippen molar-refractivity contribution in [3.63, 3.8) is 0 Å². The van der Waals surface area contributed by atoms with E-state index in [1.54, 1.807) is 10.9 Å². The van der Waals surface area contributed by atoms with Crippen molar-refractivity contribution in [3.8, 4) is 0 Å². The second kappa shape index (κ2) is 6.55. The van der Waals surface area contributed by atoms with Gasteiger partial charge in [0.1, 0.15) is 0 Å². The van der Waals surface area contributed by atoms with Crippen molar-refractivity contribution in [2.24, 2.45) is 0 Å². The van der Waals surface area contributed by atoms with Gasteiger partial charge in [-0.3, -0.25) is 9.48 Å². The Morgan fingerprint density at radius 3 is 2.92 bits per heavy atom. The quantitative estimate of drug-likeness (QED) is 0.734. The lowest BCUT2D eigenvalue weighted by Gasteiger charge is -2.21. The predicted octanol–water partition coefficient (Wildman–Crippen LogP) is 3.21. The number of carbonyl (C=O) groups is 1. The van der Waals surface area contributed by atoms with Crippen molar-refractivity contribution in [2.75, 3.05) is 6.54 Å². The zero-order chi connectivity index (χ0) is 17.2. The highest BCUT2D eigenvalue weighted by Crippen LogP contribution is 2.33. The fourth-order valence-electron chi connectivity index (χ4n) is 3.34. The van der Waals surface area contributed by atoms with E-state index in [1.807, 2.05) is 54.4 Å². The van der Waals surface area contributed by atoms with Gasteiger partial charge in [-0.2, -0.15) is 5.10 Å². The van der Waals surface area contributed by atoms with Crippen LogP contribution in [-0.2, 0) is 6.54 Å². The minimum Gasteiger partial charge on any atom is -0.359 e. The summed E-state index contributed by atoms with van der Waals surface area (Å²) in [6.07, 6.45) is 5.33. The summed E-state index contributed by atoms with van der Waals surface area (Å²) in [6.45, 7) is 3.27. The van der Waals surface area contributed by atoms with Crippen molar-refractivity contribution in [1.82, 2.24) is 19.8 Å². The standard InChI is InChI=1S/C19H20N4O2/c1-14-10-18(25-21-14)17-8-5-9-23(17)19(24)16-11-20-22(13-16)12-15-6-3-2-4-7-15/h2-4,6-7,10-11,13,17H,5,8-9,12H2,1H3. The number of rotatable bonds is 4. The first-order valence-electron chi connectivity index (χ1n) is 8.51. The van der Waals surface area contributed by atoms with E-state index in [1.165, 1.54) is 0 Å². The maximum atomic E-state index is 12.9. The van der Waals surface area contributed by atoms with E-state index < -0.39 is 0 Å². The van der Waals surface area contributed by atoms with E-state index in [9.17, 15) is 4.79 Å². The summed E-state index contributed by atoms with van der Waals surface area (Å²) in [7, 11) is 0. The first-order valence-corrected chi connectivity index (χ1v) is 8.51. The van der Waals surface area contributed by atoms with Gasteiger partial charge in [-0.1, -0.05) is 35.5 Å². The Labute approximate surface area is 146 Å². The van der Waals surface area contributed by atoms with Crippen molar-refractivity contribution in [3.05, 3.63) is 71.4 Å². The molecule has 1 unspecified atom stereocenters. The average molecular weight is 336 g/mol. The van der Waals surface area contributed by atoms with Crippen LogP contribution in [0.5, 0.6) is 0 Å². The number of carbonyl (C=O) groups excluding carboxylic acids is 1. The van der Waals surface area contributed by atoms with Crippen LogP contribution in [0.3, 0.4) is 0 Å². The largest absolute Gasteiger partial charge is 0.359 e. The van der Waals surface area contributed by atoms with Crippen molar-refractivity contribution < 1.29 is 9.32 Å². The molecule has 1 amide bonds.